The van der Waals surface area contributed by atoms with E-state index in [-0.39, 0.29) is 0 Å². The predicted octanol–water partition coefficient (Wildman–Crippen LogP) is 4.30. The van der Waals surface area contributed by atoms with Crippen molar-refractivity contribution in [2.75, 3.05) is 0 Å². The summed E-state index contributed by atoms with van der Waals surface area (Å²) >= 11 is 0. The molecule has 0 nitrogen and oxygen atoms in total. The van der Waals surface area contributed by atoms with Crippen molar-refractivity contribution in [1.29, 1.82) is 0 Å². The maximum Gasteiger partial charge on any atom is 0.0499 e. The molecule has 0 aromatic rings. The van der Waals surface area contributed by atoms with Gasteiger partial charge in [-0.15, -0.1) is 0 Å². The van der Waals surface area contributed by atoms with Crippen LogP contribution in [0.2, 0.25) is 24.7 Å². The van der Waals surface area contributed by atoms with Crippen LogP contribution in [0.25, 0.3) is 0 Å². The molecule has 0 aromatic carbocycles. The van der Waals surface area contributed by atoms with E-state index in [0.717, 1.165) is 0 Å². The molecule has 0 N–H and O–H groups in total. The Morgan fingerprint density at radius 1 is 0.909 bits per heavy atom. The Kier molecular flexibility index (Phi) is 5.93. The average molecular weight is 172 g/mol. The molecule has 0 fully saturated rings. The van der Waals surface area contributed by atoms with Gasteiger partial charge in [0.15, 0.2) is 0 Å². The summed E-state index contributed by atoms with van der Waals surface area (Å²) in [6.45, 7) is 9.60. The van der Waals surface area contributed by atoms with Gasteiger partial charge < -0.3 is 0 Å². The molecule has 0 saturated heterocycles. The summed E-state index contributed by atoms with van der Waals surface area (Å²) in [6, 6.07) is 4.52. The highest BCUT2D eigenvalue weighted by atomic mass is 28.3. The van der Waals surface area contributed by atoms with E-state index in [9.17, 15) is 0 Å². The fraction of sp³-hybridized carbons (Fsp3) is 1.00. The van der Waals surface area contributed by atoms with E-state index >= 15 is 0 Å². The van der Waals surface area contributed by atoms with Crippen LogP contribution in [0.4, 0.5) is 0 Å². The summed E-state index contributed by atoms with van der Waals surface area (Å²) in [5, 5.41) is 0. The van der Waals surface area contributed by atoms with Crippen molar-refractivity contribution in [2.24, 2.45) is 0 Å². The van der Waals surface area contributed by atoms with Crippen molar-refractivity contribution in [1.82, 2.24) is 0 Å². The van der Waals surface area contributed by atoms with Gasteiger partial charge in [-0.25, -0.2) is 0 Å². The molecule has 0 aromatic heterocycles. The summed E-state index contributed by atoms with van der Waals surface area (Å²) < 4.78 is 0. The van der Waals surface area contributed by atoms with Crippen molar-refractivity contribution >= 4 is 8.07 Å². The van der Waals surface area contributed by atoms with E-state index in [0.29, 0.717) is 0 Å². The fourth-order valence-corrected chi connectivity index (χ4v) is 3.72. The third-order valence-corrected chi connectivity index (χ3v) is 8.07. The molecule has 0 saturated carbocycles. The molecule has 0 aliphatic heterocycles. The molecule has 0 aliphatic carbocycles. The Morgan fingerprint density at radius 2 is 1.45 bits per heavy atom. The maximum absolute atomic E-state index is 2.56. The molecular weight excluding hydrogens is 148 g/mol. The van der Waals surface area contributed by atoms with Crippen LogP contribution in [0.1, 0.15) is 40.0 Å². The monoisotopic (exact) mass is 172 g/mol. The van der Waals surface area contributed by atoms with Gasteiger partial charge in [0, 0.05) is 8.07 Å². The van der Waals surface area contributed by atoms with E-state index in [2.05, 4.69) is 27.3 Å². The van der Waals surface area contributed by atoms with Gasteiger partial charge in [0.05, 0.1) is 0 Å². The first-order valence-corrected chi connectivity index (χ1v) is 8.30. The van der Waals surface area contributed by atoms with Crippen molar-refractivity contribution in [3.05, 3.63) is 0 Å². The number of hydrogen-bond donors (Lipinski definition) is 0. The van der Waals surface area contributed by atoms with Crippen LogP contribution in [0.15, 0.2) is 0 Å². The van der Waals surface area contributed by atoms with Gasteiger partial charge in [-0.05, 0) is 0 Å². The van der Waals surface area contributed by atoms with Crippen LogP contribution in [0.3, 0.4) is 0 Å². The van der Waals surface area contributed by atoms with Gasteiger partial charge in [0.1, 0.15) is 0 Å². The van der Waals surface area contributed by atoms with Gasteiger partial charge in [0.2, 0.25) is 0 Å². The lowest BCUT2D eigenvalue weighted by molar-refractivity contribution is 0.759. The Morgan fingerprint density at radius 3 is 1.82 bits per heavy atom. The van der Waals surface area contributed by atoms with Crippen LogP contribution in [0.5, 0.6) is 0 Å². The summed E-state index contributed by atoms with van der Waals surface area (Å²) in [5.41, 5.74) is 0. The second-order valence-electron chi connectivity index (χ2n) is 3.97. The molecule has 0 heterocycles. The van der Waals surface area contributed by atoms with Crippen molar-refractivity contribution < 1.29 is 0 Å². The Hall–Kier alpha value is 0.217. The molecule has 1 heteroatoms. The first-order chi connectivity index (χ1) is 5.18. The largest absolute Gasteiger partial charge is 0.0692 e. The third kappa shape index (κ3) is 4.62. The summed E-state index contributed by atoms with van der Waals surface area (Å²) in [5.74, 6) is 0. The predicted molar refractivity (Wildman–Crippen MR) is 56.9 cm³/mol. The minimum Gasteiger partial charge on any atom is -0.0692 e. The zero-order valence-electron chi connectivity index (χ0n) is 8.74. The summed E-state index contributed by atoms with van der Waals surface area (Å²) in [7, 11) is -0.735. The molecule has 0 bridgehead atoms. The average Bonchev–Trinajstić information content (AvgIpc) is 2.05. The van der Waals surface area contributed by atoms with Crippen LogP contribution < -0.4 is 0 Å². The fourth-order valence-electron chi connectivity index (χ4n) is 1.41. The lowest BCUT2D eigenvalue weighted by atomic mass is 10.3. The highest BCUT2D eigenvalue weighted by Crippen LogP contribution is 2.22. The van der Waals surface area contributed by atoms with Crippen LogP contribution >= 0.6 is 0 Å². The van der Waals surface area contributed by atoms with E-state index in [1.807, 2.05) is 0 Å². The number of hydrogen-bond acceptors (Lipinski definition) is 0. The quantitative estimate of drug-likeness (QED) is 0.414. The van der Waals surface area contributed by atoms with Crippen molar-refractivity contribution in [2.45, 2.75) is 64.7 Å². The first kappa shape index (κ1) is 11.2. The molecule has 0 unspecified atom stereocenters. The Labute approximate surface area is 73.4 Å². The molecule has 0 spiro atoms. The van der Waals surface area contributed by atoms with Gasteiger partial charge in [-0.3, -0.25) is 0 Å². The second-order valence-corrected chi connectivity index (χ2v) is 9.51. The van der Waals surface area contributed by atoms with Crippen LogP contribution in [-0.2, 0) is 0 Å². The smallest absolute Gasteiger partial charge is 0.0499 e. The maximum atomic E-state index is 2.56. The lowest BCUT2D eigenvalue weighted by Crippen LogP contribution is -2.26. The molecule has 0 rings (SSSR count). The van der Waals surface area contributed by atoms with E-state index < -0.39 is 8.07 Å². The number of rotatable bonds is 6. The Balaban J connectivity index is 3.51. The second kappa shape index (κ2) is 5.82. The molecule has 0 radical (unpaired) electrons. The summed E-state index contributed by atoms with van der Waals surface area (Å²) in [4.78, 5) is 0. The minimum atomic E-state index is -0.735. The van der Waals surface area contributed by atoms with Crippen LogP contribution in [-0.4, -0.2) is 8.07 Å². The van der Waals surface area contributed by atoms with Gasteiger partial charge in [-0.1, -0.05) is 64.7 Å². The van der Waals surface area contributed by atoms with E-state index in [4.69, 9.17) is 0 Å². The minimum absolute atomic E-state index is 0.735. The van der Waals surface area contributed by atoms with E-state index in [1.165, 1.54) is 31.4 Å². The summed E-state index contributed by atoms with van der Waals surface area (Å²) in [6.07, 6.45) is 4.31. The standard InChI is InChI=1S/C10H24Si/c1-5-8-9-10-11(4,6-2)7-3/h5-10H2,1-4H3. The Bertz CT molecular complexity index is 84.9. The van der Waals surface area contributed by atoms with Gasteiger partial charge in [0.25, 0.3) is 0 Å². The topological polar surface area (TPSA) is 0 Å². The lowest BCUT2D eigenvalue weighted by Gasteiger charge is -2.23. The highest BCUT2D eigenvalue weighted by Gasteiger charge is 2.20. The van der Waals surface area contributed by atoms with Gasteiger partial charge in [-0.2, -0.15) is 0 Å². The molecular formula is C10H24Si. The van der Waals surface area contributed by atoms with Crippen molar-refractivity contribution in [3.8, 4) is 0 Å². The highest BCUT2D eigenvalue weighted by molar-refractivity contribution is 6.78. The molecule has 11 heavy (non-hydrogen) atoms. The van der Waals surface area contributed by atoms with Crippen LogP contribution in [0, 0.1) is 0 Å². The normalized spacial score (nSPS) is 12.0. The molecule has 0 aliphatic rings. The van der Waals surface area contributed by atoms with Crippen molar-refractivity contribution in [3.63, 3.8) is 0 Å². The van der Waals surface area contributed by atoms with E-state index in [1.54, 1.807) is 6.04 Å². The molecule has 68 valence electrons. The number of unbranched alkanes of at least 4 members (excludes halogenated alkanes) is 2. The first-order valence-electron chi connectivity index (χ1n) is 5.18. The molecule has 0 atom stereocenters. The third-order valence-electron chi connectivity index (χ3n) is 3.09. The zero-order chi connectivity index (χ0) is 8.74. The SMILES string of the molecule is CCCCC[Si](C)(CC)CC. The van der Waals surface area contributed by atoms with Gasteiger partial charge >= 0.3 is 0 Å². The molecule has 0 amide bonds. The zero-order valence-corrected chi connectivity index (χ0v) is 9.74.